The normalized spacial score (nSPS) is 13.8. The number of benzene rings is 1. The van der Waals surface area contributed by atoms with Crippen LogP contribution in [0.3, 0.4) is 0 Å². The number of rotatable bonds is 8. The van der Waals surface area contributed by atoms with Gasteiger partial charge in [0.15, 0.2) is 0 Å². The minimum Gasteiger partial charge on any atom is -0.355 e. The van der Waals surface area contributed by atoms with Crippen molar-refractivity contribution in [3.63, 3.8) is 0 Å². The fourth-order valence-corrected chi connectivity index (χ4v) is 2.14. The topological polar surface area (TPSA) is 41.1 Å². The summed E-state index contributed by atoms with van der Waals surface area (Å²) in [5.74, 6) is 0.0694. The monoisotopic (exact) mass is 262 g/mol. The zero-order valence-electron chi connectivity index (χ0n) is 12.3. The molecule has 0 fully saturated rings. The number of likely N-dealkylation sites (N-methyl/N-ethyl adjacent to an activating group) is 1. The Hall–Kier alpha value is -1.35. The van der Waals surface area contributed by atoms with Crippen LogP contribution in [0.15, 0.2) is 30.3 Å². The summed E-state index contributed by atoms with van der Waals surface area (Å²) in [6, 6.07) is 10.4. The first-order chi connectivity index (χ1) is 9.19. The first-order valence-electron chi connectivity index (χ1n) is 7.27. The molecular weight excluding hydrogens is 236 g/mol. The van der Waals surface area contributed by atoms with Crippen molar-refractivity contribution in [2.45, 2.75) is 52.1 Å². The lowest BCUT2D eigenvalue weighted by Gasteiger charge is -2.23. The molecule has 106 valence electrons. The van der Waals surface area contributed by atoms with Crippen LogP contribution < -0.4 is 10.6 Å². The second-order valence-electron chi connectivity index (χ2n) is 4.89. The van der Waals surface area contributed by atoms with Gasteiger partial charge in [-0.3, -0.25) is 10.1 Å². The van der Waals surface area contributed by atoms with Crippen LogP contribution in [0.1, 0.15) is 51.6 Å². The maximum Gasteiger partial charge on any atom is 0.236 e. The molecule has 19 heavy (non-hydrogen) atoms. The molecule has 2 atom stereocenters. The lowest BCUT2D eigenvalue weighted by atomic mass is 10.00. The third-order valence-corrected chi connectivity index (χ3v) is 3.24. The van der Waals surface area contributed by atoms with Gasteiger partial charge >= 0.3 is 0 Å². The van der Waals surface area contributed by atoms with Crippen molar-refractivity contribution in [1.29, 1.82) is 0 Å². The van der Waals surface area contributed by atoms with E-state index in [1.165, 1.54) is 12.0 Å². The van der Waals surface area contributed by atoms with Gasteiger partial charge in [-0.15, -0.1) is 0 Å². The summed E-state index contributed by atoms with van der Waals surface area (Å²) in [5, 5.41) is 6.30. The predicted octanol–water partition coefficient (Wildman–Crippen LogP) is 3.03. The molecule has 0 aliphatic rings. The van der Waals surface area contributed by atoms with Gasteiger partial charge in [0, 0.05) is 12.6 Å². The van der Waals surface area contributed by atoms with Crippen molar-refractivity contribution in [3.05, 3.63) is 35.9 Å². The number of hydrogen-bond donors (Lipinski definition) is 2. The van der Waals surface area contributed by atoms with E-state index in [4.69, 9.17) is 0 Å². The van der Waals surface area contributed by atoms with Crippen LogP contribution >= 0.6 is 0 Å². The van der Waals surface area contributed by atoms with Crippen LogP contribution in [-0.2, 0) is 4.79 Å². The van der Waals surface area contributed by atoms with Crippen molar-refractivity contribution >= 4 is 5.91 Å². The van der Waals surface area contributed by atoms with Gasteiger partial charge < -0.3 is 5.32 Å². The third-order valence-electron chi connectivity index (χ3n) is 3.24. The molecule has 3 nitrogen and oxygen atoms in total. The zero-order valence-corrected chi connectivity index (χ0v) is 12.3. The zero-order chi connectivity index (χ0) is 14.1. The highest BCUT2D eigenvalue weighted by Gasteiger charge is 2.18. The minimum absolute atomic E-state index is 0.0694. The largest absolute Gasteiger partial charge is 0.355 e. The van der Waals surface area contributed by atoms with Crippen LogP contribution in [-0.4, -0.2) is 18.5 Å². The summed E-state index contributed by atoms with van der Waals surface area (Å²) in [5.41, 5.74) is 1.26. The molecule has 0 bridgehead atoms. The molecule has 0 aliphatic heterocycles. The summed E-state index contributed by atoms with van der Waals surface area (Å²) in [4.78, 5) is 11.8. The average molecular weight is 262 g/mol. The molecule has 0 spiro atoms. The van der Waals surface area contributed by atoms with Crippen LogP contribution in [0.25, 0.3) is 0 Å². The van der Waals surface area contributed by atoms with Gasteiger partial charge in [-0.25, -0.2) is 0 Å². The summed E-state index contributed by atoms with van der Waals surface area (Å²) < 4.78 is 0. The molecule has 2 N–H and O–H groups in total. The van der Waals surface area contributed by atoms with E-state index in [0.717, 1.165) is 12.8 Å². The molecule has 1 rings (SSSR count). The Bertz CT molecular complexity index is 364. The van der Waals surface area contributed by atoms with E-state index >= 15 is 0 Å². The minimum atomic E-state index is -0.165. The van der Waals surface area contributed by atoms with E-state index in [0.29, 0.717) is 6.54 Å². The molecule has 0 aromatic heterocycles. The first kappa shape index (κ1) is 15.7. The molecule has 1 amide bonds. The van der Waals surface area contributed by atoms with Crippen LogP contribution in [0.2, 0.25) is 0 Å². The molecule has 1 aromatic carbocycles. The van der Waals surface area contributed by atoms with Crippen LogP contribution in [0.5, 0.6) is 0 Å². The summed E-state index contributed by atoms with van der Waals surface area (Å²) in [6.07, 6.45) is 3.39. The summed E-state index contributed by atoms with van der Waals surface area (Å²) >= 11 is 0. The van der Waals surface area contributed by atoms with Gasteiger partial charge in [-0.1, -0.05) is 50.1 Å². The standard InChI is InChI=1S/C16H26N2O/c1-4-6-12-15(14-10-8-7-9-11-14)18-13(3)16(19)17-5-2/h7-11,13,15,18H,4-6,12H2,1-3H3,(H,17,19). The van der Waals surface area contributed by atoms with Crippen molar-refractivity contribution in [3.8, 4) is 0 Å². The van der Waals surface area contributed by atoms with Gasteiger partial charge in [0.2, 0.25) is 5.91 Å². The molecule has 1 aromatic rings. The third kappa shape index (κ3) is 5.43. The molecule has 2 unspecified atom stereocenters. The van der Waals surface area contributed by atoms with Gasteiger partial charge in [-0.2, -0.15) is 0 Å². The highest BCUT2D eigenvalue weighted by Crippen LogP contribution is 2.19. The predicted molar refractivity (Wildman–Crippen MR) is 80.0 cm³/mol. The van der Waals surface area contributed by atoms with E-state index in [1.807, 2.05) is 32.0 Å². The molecule has 0 saturated heterocycles. The molecule has 0 heterocycles. The van der Waals surface area contributed by atoms with E-state index < -0.39 is 0 Å². The van der Waals surface area contributed by atoms with E-state index in [-0.39, 0.29) is 18.0 Å². The van der Waals surface area contributed by atoms with Gasteiger partial charge in [0.1, 0.15) is 0 Å². The van der Waals surface area contributed by atoms with Gasteiger partial charge in [-0.05, 0) is 25.8 Å². The van der Waals surface area contributed by atoms with Gasteiger partial charge in [0.25, 0.3) is 0 Å². The maximum atomic E-state index is 11.8. The second-order valence-corrected chi connectivity index (χ2v) is 4.89. The van der Waals surface area contributed by atoms with Crippen molar-refractivity contribution in [2.75, 3.05) is 6.54 Å². The fraction of sp³-hybridized carbons (Fsp3) is 0.562. The lowest BCUT2D eigenvalue weighted by Crippen LogP contribution is -2.43. The second kappa shape index (κ2) is 8.70. The number of nitrogens with one attached hydrogen (secondary N) is 2. The number of carbonyl (C=O) groups is 1. The Labute approximate surface area is 116 Å². The fourth-order valence-electron chi connectivity index (χ4n) is 2.14. The molecule has 0 saturated carbocycles. The quantitative estimate of drug-likeness (QED) is 0.756. The lowest BCUT2D eigenvalue weighted by molar-refractivity contribution is -0.122. The highest BCUT2D eigenvalue weighted by molar-refractivity contribution is 5.81. The number of hydrogen-bond acceptors (Lipinski definition) is 2. The van der Waals surface area contributed by atoms with Crippen LogP contribution in [0.4, 0.5) is 0 Å². The Morgan fingerprint density at radius 1 is 1.21 bits per heavy atom. The molecule has 0 radical (unpaired) electrons. The number of carbonyl (C=O) groups excluding carboxylic acids is 1. The number of amides is 1. The molecule has 3 heteroatoms. The van der Waals surface area contributed by atoms with Gasteiger partial charge in [0.05, 0.1) is 6.04 Å². The highest BCUT2D eigenvalue weighted by atomic mass is 16.2. The Balaban J connectivity index is 2.67. The van der Waals surface area contributed by atoms with Crippen molar-refractivity contribution in [2.24, 2.45) is 0 Å². The Morgan fingerprint density at radius 2 is 1.89 bits per heavy atom. The average Bonchev–Trinajstić information content (AvgIpc) is 2.44. The summed E-state index contributed by atoms with van der Waals surface area (Å²) in [7, 11) is 0. The summed E-state index contributed by atoms with van der Waals surface area (Å²) in [6.45, 7) is 6.73. The first-order valence-corrected chi connectivity index (χ1v) is 7.27. The Morgan fingerprint density at radius 3 is 2.47 bits per heavy atom. The smallest absolute Gasteiger partial charge is 0.236 e. The van der Waals surface area contributed by atoms with E-state index in [2.05, 4.69) is 29.7 Å². The Kier molecular flexibility index (Phi) is 7.19. The van der Waals surface area contributed by atoms with Crippen molar-refractivity contribution < 1.29 is 4.79 Å². The molecule has 0 aliphatic carbocycles. The SMILES string of the molecule is CCCCC(NC(C)C(=O)NCC)c1ccccc1. The molecular formula is C16H26N2O. The van der Waals surface area contributed by atoms with Crippen molar-refractivity contribution in [1.82, 2.24) is 10.6 Å². The number of unbranched alkanes of at least 4 members (excludes halogenated alkanes) is 1. The van der Waals surface area contributed by atoms with E-state index in [1.54, 1.807) is 0 Å². The van der Waals surface area contributed by atoms with Crippen LogP contribution in [0, 0.1) is 0 Å². The van der Waals surface area contributed by atoms with E-state index in [9.17, 15) is 4.79 Å². The maximum absolute atomic E-state index is 11.8.